The van der Waals surface area contributed by atoms with Crippen LogP contribution in [0.3, 0.4) is 0 Å². The molecule has 0 amide bonds. The Labute approximate surface area is 95.0 Å². The van der Waals surface area contributed by atoms with E-state index in [-0.39, 0.29) is 6.10 Å². The first kappa shape index (κ1) is 9.87. The molecule has 84 valence electrons. The minimum atomic E-state index is 0.186. The Kier molecular flexibility index (Phi) is 2.42. The summed E-state index contributed by atoms with van der Waals surface area (Å²) < 4.78 is 7.99. The number of nitrogens with one attached hydrogen (secondary N) is 1. The van der Waals surface area contributed by atoms with Crippen LogP contribution in [0.4, 0.5) is 0 Å². The van der Waals surface area contributed by atoms with Crippen LogP contribution in [0.15, 0.2) is 30.5 Å². The Morgan fingerprint density at radius 3 is 3.12 bits per heavy atom. The molecule has 1 atom stereocenters. The number of rotatable bonds is 1. The Morgan fingerprint density at radius 2 is 2.31 bits per heavy atom. The Balaban J connectivity index is 2.10. The highest BCUT2D eigenvalue weighted by Crippen LogP contribution is 2.27. The van der Waals surface area contributed by atoms with Crippen molar-refractivity contribution in [1.29, 1.82) is 0 Å². The number of aromatic nitrogens is 1. The zero-order chi connectivity index (χ0) is 11.0. The second-order valence-electron chi connectivity index (χ2n) is 4.28. The number of fused-ring (bicyclic) bond motifs is 1. The van der Waals surface area contributed by atoms with Crippen molar-refractivity contribution in [1.82, 2.24) is 9.88 Å². The topological polar surface area (TPSA) is 26.2 Å². The van der Waals surface area contributed by atoms with Gasteiger partial charge in [0.2, 0.25) is 0 Å². The third-order valence-electron chi connectivity index (χ3n) is 3.20. The largest absolute Gasteiger partial charge is 0.371 e. The van der Waals surface area contributed by atoms with Gasteiger partial charge < -0.3 is 14.6 Å². The van der Waals surface area contributed by atoms with E-state index in [1.807, 2.05) is 0 Å². The molecule has 2 heterocycles. The number of morpholine rings is 1. The van der Waals surface area contributed by atoms with Crippen LogP contribution in [0, 0.1) is 0 Å². The summed E-state index contributed by atoms with van der Waals surface area (Å²) in [6.07, 6.45) is 2.29. The molecule has 3 nitrogen and oxygen atoms in total. The Bertz CT molecular complexity index is 498. The fraction of sp³-hybridized carbons (Fsp3) is 0.385. The van der Waals surface area contributed by atoms with Gasteiger partial charge in [0.05, 0.1) is 18.2 Å². The van der Waals surface area contributed by atoms with Crippen LogP contribution in [0.25, 0.3) is 10.9 Å². The molecular weight excluding hydrogens is 200 g/mol. The van der Waals surface area contributed by atoms with Gasteiger partial charge in [0, 0.05) is 31.9 Å². The normalized spacial score (nSPS) is 21.4. The van der Waals surface area contributed by atoms with Gasteiger partial charge in [-0.1, -0.05) is 18.2 Å². The highest BCUT2D eigenvalue weighted by atomic mass is 16.5. The van der Waals surface area contributed by atoms with Crippen LogP contribution in [0.2, 0.25) is 0 Å². The second-order valence-corrected chi connectivity index (χ2v) is 4.28. The maximum Gasteiger partial charge on any atom is 0.0970 e. The van der Waals surface area contributed by atoms with E-state index < -0.39 is 0 Å². The zero-order valence-corrected chi connectivity index (χ0v) is 9.44. The van der Waals surface area contributed by atoms with E-state index in [0.717, 1.165) is 19.7 Å². The van der Waals surface area contributed by atoms with Gasteiger partial charge in [0.1, 0.15) is 0 Å². The van der Waals surface area contributed by atoms with E-state index in [4.69, 9.17) is 4.74 Å². The third kappa shape index (κ3) is 1.52. The van der Waals surface area contributed by atoms with E-state index in [9.17, 15) is 0 Å². The molecule has 1 aromatic carbocycles. The van der Waals surface area contributed by atoms with Gasteiger partial charge in [-0.3, -0.25) is 0 Å². The predicted molar refractivity (Wildman–Crippen MR) is 64.5 cm³/mol. The molecule has 1 aromatic heterocycles. The number of ether oxygens (including phenoxy) is 1. The number of hydrogen-bond donors (Lipinski definition) is 1. The Morgan fingerprint density at radius 1 is 1.38 bits per heavy atom. The molecule has 3 heteroatoms. The number of aryl methyl sites for hydroxylation is 1. The Hall–Kier alpha value is -1.32. The van der Waals surface area contributed by atoms with Crippen LogP contribution >= 0.6 is 0 Å². The van der Waals surface area contributed by atoms with Crippen LogP contribution in [0.5, 0.6) is 0 Å². The van der Waals surface area contributed by atoms with Gasteiger partial charge in [-0.15, -0.1) is 0 Å². The minimum absolute atomic E-state index is 0.186. The van der Waals surface area contributed by atoms with E-state index >= 15 is 0 Å². The quantitative estimate of drug-likeness (QED) is 0.787. The fourth-order valence-corrected chi connectivity index (χ4v) is 2.41. The molecule has 1 fully saturated rings. The lowest BCUT2D eigenvalue weighted by atomic mass is 10.1. The smallest absolute Gasteiger partial charge is 0.0970 e. The molecule has 1 aliphatic heterocycles. The summed E-state index contributed by atoms with van der Waals surface area (Å²) in [6, 6.07) is 8.57. The monoisotopic (exact) mass is 216 g/mol. The van der Waals surface area contributed by atoms with Crippen molar-refractivity contribution in [3.05, 3.63) is 36.0 Å². The molecule has 1 aliphatic rings. The van der Waals surface area contributed by atoms with Gasteiger partial charge in [-0.05, 0) is 11.5 Å². The molecule has 0 bridgehead atoms. The van der Waals surface area contributed by atoms with Crippen molar-refractivity contribution in [2.24, 2.45) is 7.05 Å². The lowest BCUT2D eigenvalue weighted by Gasteiger charge is -2.24. The SMILES string of the molecule is Cn1ccc2cccc(C3CNCCO3)c21. The van der Waals surface area contributed by atoms with E-state index in [1.54, 1.807) is 0 Å². The number of nitrogens with zero attached hydrogens (tertiary/aromatic N) is 1. The van der Waals surface area contributed by atoms with Crippen LogP contribution in [0.1, 0.15) is 11.7 Å². The average molecular weight is 216 g/mol. The summed E-state index contributed by atoms with van der Waals surface area (Å²) in [6.45, 7) is 2.66. The van der Waals surface area contributed by atoms with Gasteiger partial charge in [-0.2, -0.15) is 0 Å². The first-order valence-corrected chi connectivity index (χ1v) is 5.72. The molecule has 0 saturated carbocycles. The maximum absolute atomic E-state index is 5.82. The highest BCUT2D eigenvalue weighted by Gasteiger charge is 2.18. The van der Waals surface area contributed by atoms with E-state index in [0.29, 0.717) is 0 Å². The molecule has 1 saturated heterocycles. The van der Waals surface area contributed by atoms with Gasteiger partial charge in [-0.25, -0.2) is 0 Å². The summed E-state index contributed by atoms with van der Waals surface area (Å²) in [7, 11) is 2.09. The molecule has 0 aliphatic carbocycles. The van der Waals surface area contributed by atoms with Crippen molar-refractivity contribution in [2.45, 2.75) is 6.10 Å². The molecule has 1 N–H and O–H groups in total. The minimum Gasteiger partial charge on any atom is -0.371 e. The summed E-state index contributed by atoms with van der Waals surface area (Å²) >= 11 is 0. The summed E-state index contributed by atoms with van der Waals surface area (Å²) in [5.41, 5.74) is 2.58. The molecule has 1 unspecified atom stereocenters. The summed E-state index contributed by atoms with van der Waals surface area (Å²) in [5.74, 6) is 0. The van der Waals surface area contributed by atoms with Crippen LogP contribution in [-0.2, 0) is 11.8 Å². The first-order valence-electron chi connectivity index (χ1n) is 5.72. The van der Waals surface area contributed by atoms with Crippen molar-refractivity contribution >= 4 is 10.9 Å². The van der Waals surface area contributed by atoms with Gasteiger partial charge >= 0.3 is 0 Å². The molecule has 0 radical (unpaired) electrons. The van der Waals surface area contributed by atoms with Crippen molar-refractivity contribution in [3.63, 3.8) is 0 Å². The van der Waals surface area contributed by atoms with Crippen molar-refractivity contribution < 1.29 is 4.74 Å². The average Bonchev–Trinajstić information content (AvgIpc) is 2.73. The second kappa shape index (κ2) is 3.92. The summed E-state index contributed by atoms with van der Waals surface area (Å²) in [5, 5.41) is 4.66. The number of para-hydroxylation sites is 1. The molecule has 2 aromatic rings. The highest BCUT2D eigenvalue weighted by molar-refractivity contribution is 5.83. The standard InChI is InChI=1S/C13H16N2O/c1-15-7-5-10-3-2-4-11(13(10)15)12-9-14-6-8-16-12/h2-5,7,12,14H,6,8-9H2,1H3. The fourth-order valence-electron chi connectivity index (χ4n) is 2.41. The van der Waals surface area contributed by atoms with Crippen LogP contribution < -0.4 is 5.32 Å². The molecule has 0 spiro atoms. The van der Waals surface area contributed by atoms with E-state index in [2.05, 4.69) is 47.4 Å². The van der Waals surface area contributed by atoms with Crippen molar-refractivity contribution in [2.75, 3.05) is 19.7 Å². The maximum atomic E-state index is 5.82. The van der Waals surface area contributed by atoms with Gasteiger partial charge in [0.15, 0.2) is 0 Å². The number of benzene rings is 1. The van der Waals surface area contributed by atoms with Crippen LogP contribution in [-0.4, -0.2) is 24.3 Å². The summed E-state index contributed by atoms with van der Waals surface area (Å²) in [4.78, 5) is 0. The lowest BCUT2D eigenvalue weighted by molar-refractivity contribution is 0.0284. The van der Waals surface area contributed by atoms with Crippen molar-refractivity contribution in [3.8, 4) is 0 Å². The molecular formula is C13H16N2O. The molecule has 16 heavy (non-hydrogen) atoms. The molecule has 3 rings (SSSR count). The third-order valence-corrected chi connectivity index (χ3v) is 3.20. The predicted octanol–water partition coefficient (Wildman–Crippen LogP) is 1.84. The van der Waals surface area contributed by atoms with Gasteiger partial charge in [0.25, 0.3) is 0 Å². The number of hydrogen-bond acceptors (Lipinski definition) is 2. The first-order chi connectivity index (χ1) is 7.86. The van der Waals surface area contributed by atoms with E-state index in [1.165, 1.54) is 16.5 Å². The zero-order valence-electron chi connectivity index (χ0n) is 9.44. The lowest BCUT2D eigenvalue weighted by Crippen LogP contribution is -2.33.